The van der Waals surface area contributed by atoms with Gasteiger partial charge < -0.3 is 19.2 Å². The van der Waals surface area contributed by atoms with Crippen LogP contribution in [0.15, 0.2) is 138 Å². The van der Waals surface area contributed by atoms with Gasteiger partial charge in [-0.3, -0.25) is 19.7 Å². The van der Waals surface area contributed by atoms with Crippen molar-refractivity contribution >= 4 is 65.8 Å². The lowest BCUT2D eigenvalue weighted by Crippen LogP contribution is -2.66. The van der Waals surface area contributed by atoms with Crippen molar-refractivity contribution in [3.8, 4) is 5.75 Å². The van der Waals surface area contributed by atoms with Crippen LogP contribution in [-0.2, 0) is 18.7 Å². The molecule has 0 aromatic heterocycles. The molecule has 0 radical (unpaired) electrons. The molecule has 312 valence electrons. The summed E-state index contributed by atoms with van der Waals surface area (Å²) in [4.78, 5) is 41.5. The zero-order valence-electron chi connectivity index (χ0n) is 35.0. The number of hydrogen-bond donors (Lipinski definition) is 2. The first kappa shape index (κ1) is 42.0. The van der Waals surface area contributed by atoms with E-state index in [1.54, 1.807) is 12.1 Å². The molecule has 1 aliphatic carbocycles. The topological polar surface area (TPSA) is 139 Å². The fourth-order valence-electron chi connectivity index (χ4n) is 10.2. The highest BCUT2D eigenvalue weighted by molar-refractivity contribution is 6.99. The summed E-state index contributed by atoms with van der Waals surface area (Å²) >= 11 is 0. The van der Waals surface area contributed by atoms with Gasteiger partial charge in [-0.2, -0.15) is 0 Å². The van der Waals surface area contributed by atoms with Gasteiger partial charge in [0.15, 0.2) is 0 Å². The van der Waals surface area contributed by atoms with Crippen molar-refractivity contribution in [2.24, 2.45) is 17.8 Å². The molecule has 12 heteroatoms. The Kier molecular flexibility index (Phi) is 11.7. The van der Waals surface area contributed by atoms with Crippen molar-refractivity contribution < 1.29 is 33.7 Å². The van der Waals surface area contributed by atoms with Crippen molar-refractivity contribution in [2.45, 2.75) is 70.8 Å². The maximum absolute atomic E-state index is 14.6. The second-order valence-electron chi connectivity index (χ2n) is 17.5. The highest BCUT2D eigenvalue weighted by atomic mass is 28.4. The smallest absolute Gasteiger partial charge is 0.455 e. The zero-order chi connectivity index (χ0) is 43.1. The summed E-state index contributed by atoms with van der Waals surface area (Å²) < 4.78 is 14.0. The predicted octanol–water partition coefficient (Wildman–Crippen LogP) is 8.61. The first-order valence-electron chi connectivity index (χ1n) is 21.1. The molecule has 0 saturated carbocycles. The maximum Gasteiger partial charge on any atom is 0.455 e. The number of phenols is 1. The van der Waals surface area contributed by atoms with Crippen LogP contribution in [0, 0.1) is 27.9 Å². The zero-order valence-corrected chi connectivity index (χ0v) is 36.0. The molecular weight excluding hydrogens is 783 g/mol. The molecule has 2 saturated heterocycles. The van der Waals surface area contributed by atoms with Crippen LogP contribution in [0.2, 0.25) is 11.4 Å². The fourth-order valence-corrected chi connectivity index (χ4v) is 14.7. The Bertz CT molecular complexity index is 2500. The minimum atomic E-state index is -3.06. The number of benzene rings is 5. The van der Waals surface area contributed by atoms with Crippen LogP contribution in [0.5, 0.6) is 5.75 Å². The standard InChI is InChI=1S/C49H51BN2O8Si/c1-5-32(27-33-24-25-43(53)40-22-13-12-21-39(33)40)23-26-44-45-34(31-59-61(49(2,3)4,37-17-8-6-9-18-37)38-19-10-7-11-20-38)28-41-46(42(45)30-50(56)60-44)48(55)51(47(41)54)35-15-14-16-36(29-35)52(57)58/h6-22,24-25,27,29,41-42,44,46,53,56H,5,23,26,28,30-31H2,1-4H3/b32-27+/t41-,42+,44-,46-/m1/s1. The van der Waals surface area contributed by atoms with Crippen LogP contribution in [0.25, 0.3) is 16.8 Å². The number of amides is 2. The third-order valence-corrected chi connectivity index (χ3v) is 17.9. The van der Waals surface area contributed by atoms with Crippen molar-refractivity contribution in [2.75, 3.05) is 11.5 Å². The first-order chi connectivity index (χ1) is 29.3. The summed E-state index contributed by atoms with van der Waals surface area (Å²) in [6, 6.07) is 37.7. The Balaban J connectivity index is 1.21. The second kappa shape index (κ2) is 17.0. The number of carbonyl (C=O) groups excluding carboxylic acids is 2. The molecule has 8 rings (SSSR count). The Hall–Kier alpha value is -5.66. The normalized spacial score (nSPS) is 20.9. The Labute approximate surface area is 357 Å². The molecule has 2 N–H and O–H groups in total. The quantitative estimate of drug-likeness (QED) is 0.0419. The minimum Gasteiger partial charge on any atom is -0.507 e. The third kappa shape index (κ3) is 7.78. The van der Waals surface area contributed by atoms with Gasteiger partial charge in [0.2, 0.25) is 11.8 Å². The van der Waals surface area contributed by atoms with Gasteiger partial charge in [0.25, 0.3) is 14.0 Å². The van der Waals surface area contributed by atoms with Crippen LogP contribution < -0.4 is 15.3 Å². The average Bonchev–Trinajstić information content (AvgIpc) is 3.51. The number of imide groups is 1. The van der Waals surface area contributed by atoms with Gasteiger partial charge in [-0.05, 0) is 87.6 Å². The van der Waals surface area contributed by atoms with E-state index in [1.807, 2.05) is 66.7 Å². The lowest BCUT2D eigenvalue weighted by Gasteiger charge is -2.46. The van der Waals surface area contributed by atoms with Gasteiger partial charge in [0.1, 0.15) is 5.75 Å². The molecule has 0 unspecified atom stereocenters. The molecule has 3 aliphatic rings. The number of allylic oxidation sites excluding steroid dienone is 1. The number of nitro benzene ring substituents is 1. The summed E-state index contributed by atoms with van der Waals surface area (Å²) in [6.45, 7) is 8.93. The number of hydrogen-bond acceptors (Lipinski definition) is 8. The van der Waals surface area contributed by atoms with E-state index in [0.29, 0.717) is 12.8 Å². The van der Waals surface area contributed by atoms with Gasteiger partial charge in [-0.15, -0.1) is 0 Å². The third-order valence-electron chi connectivity index (χ3n) is 13.0. The number of non-ortho nitro benzene ring substituents is 1. The van der Waals surface area contributed by atoms with E-state index in [0.717, 1.165) is 54.7 Å². The molecule has 2 fully saturated rings. The number of rotatable bonds is 12. The van der Waals surface area contributed by atoms with E-state index >= 15 is 0 Å². The molecule has 5 aromatic rings. The predicted molar refractivity (Wildman–Crippen MR) is 242 cm³/mol. The van der Waals surface area contributed by atoms with E-state index in [-0.39, 0.29) is 41.5 Å². The molecule has 4 atom stereocenters. The summed E-state index contributed by atoms with van der Waals surface area (Å²) in [6.07, 6.45) is 3.84. The van der Waals surface area contributed by atoms with E-state index < -0.39 is 56.0 Å². The van der Waals surface area contributed by atoms with Gasteiger partial charge >= 0.3 is 7.12 Å². The lowest BCUT2D eigenvalue weighted by atomic mass is 9.58. The molecule has 61 heavy (non-hydrogen) atoms. The van der Waals surface area contributed by atoms with Crippen LogP contribution in [0.3, 0.4) is 0 Å². The fraction of sp³-hybridized carbons (Fsp3) is 0.306. The van der Waals surface area contributed by atoms with Gasteiger partial charge in [0.05, 0.1) is 35.2 Å². The minimum absolute atomic E-state index is 0.119. The average molecular weight is 835 g/mol. The summed E-state index contributed by atoms with van der Waals surface area (Å²) in [7, 11) is -4.24. The summed E-state index contributed by atoms with van der Waals surface area (Å²) in [5.74, 6) is -2.68. The van der Waals surface area contributed by atoms with Crippen molar-refractivity contribution in [3.63, 3.8) is 0 Å². The lowest BCUT2D eigenvalue weighted by molar-refractivity contribution is -0.384. The monoisotopic (exact) mass is 834 g/mol. The van der Waals surface area contributed by atoms with E-state index in [9.17, 15) is 29.8 Å². The Morgan fingerprint density at radius 2 is 1.56 bits per heavy atom. The van der Waals surface area contributed by atoms with E-state index in [4.69, 9.17) is 9.08 Å². The number of fused-ring (bicyclic) bond motifs is 4. The largest absolute Gasteiger partial charge is 0.507 e. The molecule has 2 amide bonds. The maximum atomic E-state index is 14.6. The van der Waals surface area contributed by atoms with E-state index in [2.05, 4.69) is 58.0 Å². The Morgan fingerprint density at radius 3 is 2.20 bits per heavy atom. The molecular formula is C49H51BN2O8Si. The second-order valence-corrected chi connectivity index (χ2v) is 21.8. The van der Waals surface area contributed by atoms with Crippen LogP contribution in [-0.4, -0.2) is 55.0 Å². The first-order valence-corrected chi connectivity index (χ1v) is 23.1. The molecule has 0 bridgehead atoms. The number of phenolic OH excluding ortho intramolecular Hbond substituents is 1. The van der Waals surface area contributed by atoms with Gasteiger partial charge in [-0.25, -0.2) is 4.90 Å². The number of nitro groups is 1. The highest BCUT2D eigenvalue weighted by Gasteiger charge is 2.58. The number of nitrogens with zero attached hydrogens (tertiary/aromatic N) is 2. The summed E-state index contributed by atoms with van der Waals surface area (Å²) in [5, 5.41) is 37.4. The van der Waals surface area contributed by atoms with Crippen molar-refractivity contribution in [3.05, 3.63) is 154 Å². The van der Waals surface area contributed by atoms with E-state index in [1.165, 1.54) is 18.2 Å². The highest BCUT2D eigenvalue weighted by Crippen LogP contribution is 2.52. The SMILES string of the molecule is CC/C(=C\c1ccc(O)c2ccccc12)CC[C@H]1OB(O)C[C@H]2C1=C(CO[Si](c1ccccc1)(c1ccccc1)C(C)(C)C)C[C@H]1C(=O)N(c3cccc([N+](=O)[O-])c3)C(=O)[C@H]12. The van der Waals surface area contributed by atoms with Crippen molar-refractivity contribution in [1.29, 1.82) is 0 Å². The molecule has 0 spiro atoms. The van der Waals surface area contributed by atoms with Crippen LogP contribution >= 0.6 is 0 Å². The van der Waals surface area contributed by atoms with Crippen LogP contribution in [0.4, 0.5) is 11.4 Å². The summed E-state index contributed by atoms with van der Waals surface area (Å²) in [5.41, 5.74) is 3.88. The van der Waals surface area contributed by atoms with Gasteiger partial charge in [-0.1, -0.05) is 136 Å². The molecule has 2 aliphatic heterocycles. The number of aromatic hydroxyl groups is 1. The number of carbonyl (C=O) groups is 2. The van der Waals surface area contributed by atoms with Crippen molar-refractivity contribution in [1.82, 2.24) is 0 Å². The molecule has 2 heterocycles. The molecule has 5 aromatic carbocycles. The molecule has 10 nitrogen and oxygen atoms in total. The van der Waals surface area contributed by atoms with Gasteiger partial charge in [0, 0.05) is 17.5 Å². The Morgan fingerprint density at radius 1 is 0.902 bits per heavy atom. The van der Waals surface area contributed by atoms with Crippen LogP contribution in [0.1, 0.15) is 58.9 Å². The number of anilines is 1.